The number of ether oxygens (including phenoxy) is 1. The van der Waals surface area contributed by atoms with Gasteiger partial charge >= 0.3 is 6.09 Å². The monoisotopic (exact) mass is 276 g/mol. The third-order valence-corrected chi connectivity index (χ3v) is 2.79. The van der Waals surface area contributed by atoms with Gasteiger partial charge in [0.1, 0.15) is 5.60 Å². The van der Waals surface area contributed by atoms with Crippen molar-refractivity contribution in [1.82, 2.24) is 4.57 Å². The normalized spacial score (nSPS) is 11.6. The van der Waals surface area contributed by atoms with Gasteiger partial charge in [0.05, 0.1) is 10.4 Å². The van der Waals surface area contributed by atoms with Gasteiger partial charge in [-0.1, -0.05) is 0 Å². The Kier molecular flexibility index (Phi) is 3.25. The van der Waals surface area contributed by atoms with Gasteiger partial charge in [-0.15, -0.1) is 0 Å². The molecule has 0 bridgehead atoms. The molecule has 106 valence electrons. The number of carbonyl (C=O) groups is 1. The summed E-state index contributed by atoms with van der Waals surface area (Å²) in [5, 5.41) is 11.5. The molecule has 0 amide bonds. The number of nitro benzene ring substituents is 1. The summed E-state index contributed by atoms with van der Waals surface area (Å²) in [6.45, 7) is 7.16. The topological polar surface area (TPSA) is 74.4 Å². The van der Waals surface area contributed by atoms with Crippen LogP contribution >= 0.6 is 0 Å². The van der Waals surface area contributed by atoms with Crippen molar-refractivity contribution in [3.63, 3.8) is 0 Å². The van der Waals surface area contributed by atoms with Gasteiger partial charge in [0.25, 0.3) is 5.69 Å². The van der Waals surface area contributed by atoms with Gasteiger partial charge in [-0.05, 0) is 39.3 Å². The average Bonchev–Trinajstić information content (AvgIpc) is 2.64. The minimum absolute atomic E-state index is 0.00235. The number of nitro groups is 1. The minimum atomic E-state index is -0.595. The van der Waals surface area contributed by atoms with Crippen molar-refractivity contribution in [2.45, 2.75) is 33.3 Å². The molecule has 0 saturated heterocycles. The van der Waals surface area contributed by atoms with Crippen LogP contribution in [0.5, 0.6) is 0 Å². The van der Waals surface area contributed by atoms with Crippen molar-refractivity contribution in [2.75, 3.05) is 0 Å². The molecule has 0 aliphatic rings. The quantitative estimate of drug-likeness (QED) is 0.588. The third kappa shape index (κ3) is 2.64. The zero-order valence-corrected chi connectivity index (χ0v) is 11.8. The van der Waals surface area contributed by atoms with Crippen LogP contribution in [0, 0.1) is 17.0 Å². The van der Waals surface area contributed by atoms with E-state index in [9.17, 15) is 14.9 Å². The fourth-order valence-electron chi connectivity index (χ4n) is 1.96. The molecule has 0 unspecified atom stereocenters. The first kappa shape index (κ1) is 14.0. The van der Waals surface area contributed by atoms with Gasteiger partial charge in [-0.25, -0.2) is 4.79 Å². The van der Waals surface area contributed by atoms with Crippen molar-refractivity contribution < 1.29 is 14.5 Å². The zero-order chi connectivity index (χ0) is 15.1. The van der Waals surface area contributed by atoms with Gasteiger partial charge in [0, 0.05) is 23.7 Å². The first-order chi connectivity index (χ1) is 9.19. The summed E-state index contributed by atoms with van der Waals surface area (Å²) < 4.78 is 6.69. The molecule has 1 aromatic carbocycles. The fraction of sp³-hybridized carbons (Fsp3) is 0.357. The van der Waals surface area contributed by atoms with E-state index in [-0.39, 0.29) is 5.69 Å². The van der Waals surface area contributed by atoms with Crippen LogP contribution in [-0.2, 0) is 4.74 Å². The summed E-state index contributed by atoms with van der Waals surface area (Å²) in [5.74, 6) is 0. The van der Waals surface area contributed by atoms with E-state index in [1.807, 2.05) is 0 Å². The number of fused-ring (bicyclic) bond motifs is 1. The number of aromatic nitrogens is 1. The first-order valence-corrected chi connectivity index (χ1v) is 6.18. The molecule has 0 saturated carbocycles. The summed E-state index contributed by atoms with van der Waals surface area (Å²) in [7, 11) is 0. The molecular formula is C14H16N2O4. The Hall–Kier alpha value is -2.37. The molecule has 2 rings (SSSR count). The van der Waals surface area contributed by atoms with Crippen LogP contribution in [0.2, 0.25) is 0 Å². The standard InChI is InChI=1S/C14H16N2O4/c1-9-8-15(13(17)20-14(2,3)4)12-6-5-10(16(18)19)7-11(9)12/h5-8H,1-4H3. The molecule has 6 nitrogen and oxygen atoms in total. The number of nitrogens with zero attached hydrogens (tertiary/aromatic N) is 2. The highest BCUT2D eigenvalue weighted by atomic mass is 16.6. The Bertz CT molecular complexity index is 695. The van der Waals surface area contributed by atoms with Crippen molar-refractivity contribution in [3.05, 3.63) is 40.1 Å². The van der Waals surface area contributed by atoms with Gasteiger partial charge in [-0.3, -0.25) is 14.7 Å². The van der Waals surface area contributed by atoms with E-state index in [4.69, 9.17) is 4.74 Å². The maximum absolute atomic E-state index is 12.1. The molecule has 0 atom stereocenters. The maximum Gasteiger partial charge on any atom is 0.418 e. The van der Waals surface area contributed by atoms with Crippen molar-refractivity contribution in [1.29, 1.82) is 0 Å². The average molecular weight is 276 g/mol. The van der Waals surface area contributed by atoms with Gasteiger partial charge < -0.3 is 4.74 Å². The Morgan fingerprint density at radius 1 is 1.35 bits per heavy atom. The fourth-order valence-corrected chi connectivity index (χ4v) is 1.96. The van der Waals surface area contributed by atoms with Crippen molar-refractivity contribution >= 4 is 22.7 Å². The van der Waals surface area contributed by atoms with E-state index >= 15 is 0 Å². The van der Waals surface area contributed by atoms with Crippen LogP contribution in [0.25, 0.3) is 10.9 Å². The lowest BCUT2D eigenvalue weighted by atomic mass is 10.2. The van der Waals surface area contributed by atoms with Crippen LogP contribution in [-0.4, -0.2) is 21.2 Å². The smallest absolute Gasteiger partial charge is 0.418 e. The van der Waals surface area contributed by atoms with E-state index in [0.717, 1.165) is 5.56 Å². The molecule has 1 heterocycles. The number of benzene rings is 1. The predicted octanol–water partition coefficient (Wildman–Crippen LogP) is 3.64. The number of rotatable bonds is 1. The number of carbonyl (C=O) groups excluding carboxylic acids is 1. The van der Waals surface area contributed by atoms with Gasteiger partial charge in [0.2, 0.25) is 0 Å². The molecule has 20 heavy (non-hydrogen) atoms. The highest BCUT2D eigenvalue weighted by Crippen LogP contribution is 2.26. The highest BCUT2D eigenvalue weighted by Gasteiger charge is 2.20. The minimum Gasteiger partial charge on any atom is -0.443 e. The van der Waals surface area contributed by atoms with Gasteiger partial charge in [-0.2, -0.15) is 0 Å². The molecule has 1 aromatic heterocycles. The van der Waals surface area contributed by atoms with E-state index in [0.29, 0.717) is 10.9 Å². The lowest BCUT2D eigenvalue weighted by molar-refractivity contribution is -0.384. The lowest BCUT2D eigenvalue weighted by Crippen LogP contribution is -2.26. The molecular weight excluding hydrogens is 260 g/mol. The molecule has 0 radical (unpaired) electrons. The molecule has 0 spiro atoms. The summed E-state index contributed by atoms with van der Waals surface area (Å²) in [6, 6.07) is 4.40. The SMILES string of the molecule is Cc1cn(C(=O)OC(C)(C)C)c2ccc([N+](=O)[O-])cc12. The van der Waals surface area contributed by atoms with Gasteiger partial charge in [0.15, 0.2) is 0 Å². The first-order valence-electron chi connectivity index (χ1n) is 6.18. The second-order valence-corrected chi connectivity index (χ2v) is 5.62. The lowest BCUT2D eigenvalue weighted by Gasteiger charge is -2.19. The number of hydrogen-bond acceptors (Lipinski definition) is 4. The van der Waals surface area contributed by atoms with Crippen molar-refractivity contribution in [2.24, 2.45) is 0 Å². The maximum atomic E-state index is 12.1. The molecule has 6 heteroatoms. The van der Waals surface area contributed by atoms with Crippen LogP contribution in [0.15, 0.2) is 24.4 Å². The van der Waals surface area contributed by atoms with Crippen LogP contribution in [0.3, 0.4) is 0 Å². The molecule has 0 fully saturated rings. The van der Waals surface area contributed by atoms with Crippen LogP contribution in [0.1, 0.15) is 26.3 Å². The zero-order valence-electron chi connectivity index (χ0n) is 11.8. The largest absolute Gasteiger partial charge is 0.443 e. The van der Waals surface area contributed by atoms with Crippen molar-refractivity contribution in [3.8, 4) is 0 Å². The number of non-ortho nitro benzene ring substituents is 1. The van der Waals surface area contributed by atoms with Crippen LogP contribution < -0.4 is 0 Å². The number of hydrogen-bond donors (Lipinski definition) is 0. The molecule has 0 aliphatic heterocycles. The highest BCUT2D eigenvalue weighted by molar-refractivity contribution is 5.93. The Balaban J connectivity index is 2.51. The Labute approximate surface area is 116 Å². The van der Waals surface area contributed by atoms with E-state index in [1.54, 1.807) is 40.0 Å². The van der Waals surface area contributed by atoms with Crippen LogP contribution in [0.4, 0.5) is 10.5 Å². The Morgan fingerprint density at radius 2 is 2.00 bits per heavy atom. The summed E-state index contributed by atoms with van der Waals surface area (Å²) in [6.07, 6.45) is 1.13. The third-order valence-electron chi connectivity index (χ3n) is 2.79. The predicted molar refractivity (Wildman–Crippen MR) is 75.0 cm³/mol. The van der Waals surface area contributed by atoms with E-state index < -0.39 is 16.6 Å². The molecule has 2 aromatic rings. The second-order valence-electron chi connectivity index (χ2n) is 5.62. The summed E-state index contributed by atoms with van der Waals surface area (Å²) in [4.78, 5) is 22.4. The number of aryl methyl sites for hydroxylation is 1. The second kappa shape index (κ2) is 4.63. The summed E-state index contributed by atoms with van der Waals surface area (Å²) >= 11 is 0. The van der Waals surface area contributed by atoms with E-state index in [1.165, 1.54) is 16.7 Å². The van der Waals surface area contributed by atoms with E-state index in [2.05, 4.69) is 0 Å². The molecule has 0 aliphatic carbocycles. The summed E-state index contributed by atoms with van der Waals surface area (Å²) in [5.41, 5.74) is 0.793. The Morgan fingerprint density at radius 3 is 2.55 bits per heavy atom. The molecule has 0 N–H and O–H groups in total.